The molecule has 0 aliphatic carbocycles. The zero-order valence-corrected chi connectivity index (χ0v) is 22.8. The molecule has 0 saturated carbocycles. The van der Waals surface area contributed by atoms with Gasteiger partial charge >= 0.3 is 0 Å². The maximum Gasteiger partial charge on any atom is 0.0208 e. The minimum Gasteiger partial charge on any atom is -0.0887 e. The molecular formula is C36H24S2. The molecule has 0 nitrogen and oxygen atoms in total. The summed E-state index contributed by atoms with van der Waals surface area (Å²) < 4.78 is 0. The lowest BCUT2D eigenvalue weighted by atomic mass is 9.90. The Kier molecular flexibility index (Phi) is 4.92. The van der Waals surface area contributed by atoms with Gasteiger partial charge in [-0.3, -0.25) is 0 Å². The normalized spacial score (nSPS) is 12.8. The van der Waals surface area contributed by atoms with E-state index in [1.165, 1.54) is 86.0 Å². The Morgan fingerprint density at radius 3 is 1.24 bits per heavy atom. The van der Waals surface area contributed by atoms with Crippen LogP contribution in [0.4, 0.5) is 0 Å². The zero-order chi connectivity index (χ0) is 25.4. The molecule has 0 N–H and O–H groups in total. The highest BCUT2D eigenvalue weighted by Crippen LogP contribution is 2.56. The predicted molar refractivity (Wildman–Crippen MR) is 163 cm³/mol. The Bertz CT molecular complexity index is 1810. The third-order valence-electron chi connectivity index (χ3n) is 7.77. The van der Waals surface area contributed by atoms with Crippen molar-refractivity contribution in [3.63, 3.8) is 0 Å². The number of aryl methyl sites for hydroxylation is 2. The van der Waals surface area contributed by atoms with Crippen LogP contribution in [0.1, 0.15) is 11.1 Å². The number of hydrogen-bond donors (Lipinski definition) is 0. The van der Waals surface area contributed by atoms with Crippen LogP contribution in [-0.4, -0.2) is 0 Å². The third kappa shape index (κ3) is 3.41. The van der Waals surface area contributed by atoms with Crippen molar-refractivity contribution in [2.45, 2.75) is 33.4 Å². The summed E-state index contributed by atoms with van der Waals surface area (Å²) in [6.07, 6.45) is 0. The summed E-state index contributed by atoms with van der Waals surface area (Å²) in [6, 6.07) is 40.9. The second-order valence-electron chi connectivity index (χ2n) is 10.3. The molecule has 2 aliphatic heterocycles. The van der Waals surface area contributed by atoms with Crippen molar-refractivity contribution >= 4 is 34.3 Å². The van der Waals surface area contributed by atoms with Crippen molar-refractivity contribution in [3.05, 3.63) is 120 Å². The fourth-order valence-corrected chi connectivity index (χ4v) is 8.28. The molecule has 2 heteroatoms. The first-order valence-corrected chi connectivity index (χ1v) is 14.6. The van der Waals surface area contributed by atoms with Gasteiger partial charge in [0.05, 0.1) is 0 Å². The highest BCUT2D eigenvalue weighted by Gasteiger charge is 2.26. The Hall–Kier alpha value is -3.72. The quantitative estimate of drug-likeness (QED) is 0.222. The van der Waals surface area contributed by atoms with Crippen molar-refractivity contribution < 1.29 is 0 Å². The van der Waals surface area contributed by atoms with E-state index in [1.807, 2.05) is 23.5 Å². The molecule has 6 aromatic carbocycles. The molecule has 0 fully saturated rings. The monoisotopic (exact) mass is 520 g/mol. The smallest absolute Gasteiger partial charge is 0.0208 e. The minimum atomic E-state index is 1.28. The van der Waals surface area contributed by atoms with Gasteiger partial charge in [0, 0.05) is 30.4 Å². The van der Waals surface area contributed by atoms with E-state index >= 15 is 0 Å². The van der Waals surface area contributed by atoms with E-state index in [0.29, 0.717) is 0 Å². The van der Waals surface area contributed by atoms with Crippen LogP contribution in [0.5, 0.6) is 0 Å². The van der Waals surface area contributed by atoms with Crippen LogP contribution in [-0.2, 0) is 0 Å². The number of hydrogen-bond acceptors (Lipinski definition) is 2. The van der Waals surface area contributed by atoms with Crippen LogP contribution in [0.3, 0.4) is 0 Å². The summed E-state index contributed by atoms with van der Waals surface area (Å²) >= 11 is 3.83. The molecule has 0 amide bonds. The van der Waals surface area contributed by atoms with Crippen LogP contribution in [0, 0.1) is 13.8 Å². The molecule has 8 rings (SSSR count). The van der Waals surface area contributed by atoms with E-state index in [1.54, 1.807) is 0 Å². The van der Waals surface area contributed by atoms with E-state index in [4.69, 9.17) is 0 Å². The first-order chi connectivity index (χ1) is 18.6. The second-order valence-corrected chi connectivity index (χ2v) is 12.5. The molecule has 0 unspecified atom stereocenters. The van der Waals surface area contributed by atoms with Gasteiger partial charge in [0.25, 0.3) is 0 Å². The lowest BCUT2D eigenvalue weighted by Crippen LogP contribution is -1.99. The molecule has 0 atom stereocenters. The summed E-state index contributed by atoms with van der Waals surface area (Å²) in [7, 11) is 0. The summed E-state index contributed by atoms with van der Waals surface area (Å²) in [6.45, 7) is 4.32. The average Bonchev–Trinajstić information content (AvgIpc) is 2.94. The van der Waals surface area contributed by atoms with E-state index in [0.717, 1.165) is 0 Å². The van der Waals surface area contributed by atoms with Gasteiger partial charge in [0.15, 0.2) is 0 Å². The lowest BCUT2D eigenvalue weighted by molar-refractivity contribution is 1.34. The van der Waals surface area contributed by atoms with E-state index < -0.39 is 0 Å². The summed E-state index contributed by atoms with van der Waals surface area (Å²) in [5.41, 5.74) is 13.1. The van der Waals surface area contributed by atoms with Gasteiger partial charge in [-0.25, -0.2) is 0 Å². The molecule has 0 radical (unpaired) electrons. The van der Waals surface area contributed by atoms with Gasteiger partial charge in [0.2, 0.25) is 0 Å². The van der Waals surface area contributed by atoms with Gasteiger partial charge in [-0.2, -0.15) is 0 Å². The molecule has 6 aromatic rings. The fourth-order valence-electron chi connectivity index (χ4n) is 5.96. The van der Waals surface area contributed by atoms with Crippen LogP contribution >= 0.6 is 23.5 Å². The highest BCUT2D eigenvalue weighted by molar-refractivity contribution is 8.00. The first-order valence-electron chi connectivity index (χ1n) is 13.0. The van der Waals surface area contributed by atoms with Gasteiger partial charge < -0.3 is 0 Å². The van der Waals surface area contributed by atoms with Crippen molar-refractivity contribution in [2.24, 2.45) is 0 Å². The Morgan fingerprint density at radius 2 is 0.789 bits per heavy atom. The fraction of sp³-hybridized carbons (Fsp3) is 0.0556. The van der Waals surface area contributed by atoms with E-state index in [-0.39, 0.29) is 0 Å². The van der Waals surface area contributed by atoms with E-state index in [9.17, 15) is 0 Å². The number of rotatable bonds is 2. The molecule has 0 spiro atoms. The third-order valence-corrected chi connectivity index (χ3v) is 10.0. The maximum atomic E-state index is 2.37. The standard InChI is InChI=1S/C36H24S2/c1-21-5-3-7-23(17-21)25-9-11-27-29-13-14-30-28-12-10-26(24-8-4-6-22(2)18-24)20-34(28)38-32-16-15-31(35(29)36(30)32)37-33(27)19-25/h3-20H,1-2H3. The molecule has 2 heterocycles. The van der Waals surface area contributed by atoms with Crippen molar-refractivity contribution in [1.82, 2.24) is 0 Å². The summed E-state index contributed by atoms with van der Waals surface area (Å²) in [5, 5.41) is 2.81. The second kappa shape index (κ2) is 8.39. The molecule has 0 bridgehead atoms. The van der Waals surface area contributed by atoms with Crippen LogP contribution in [0.25, 0.3) is 55.3 Å². The Balaban J connectivity index is 1.27. The van der Waals surface area contributed by atoms with Crippen LogP contribution < -0.4 is 0 Å². The van der Waals surface area contributed by atoms with Crippen molar-refractivity contribution in [3.8, 4) is 44.5 Å². The van der Waals surface area contributed by atoms with Gasteiger partial charge in [-0.15, -0.1) is 0 Å². The van der Waals surface area contributed by atoms with Crippen molar-refractivity contribution in [1.29, 1.82) is 0 Å². The van der Waals surface area contributed by atoms with Gasteiger partial charge in [-0.05, 0) is 82.6 Å². The number of benzene rings is 6. The molecule has 0 saturated heterocycles. The largest absolute Gasteiger partial charge is 0.0887 e. The van der Waals surface area contributed by atoms with Gasteiger partial charge in [0.1, 0.15) is 0 Å². The predicted octanol–water partition coefficient (Wildman–Crippen LogP) is 11.1. The Labute approximate surface area is 231 Å². The first kappa shape index (κ1) is 22.3. The highest BCUT2D eigenvalue weighted by atomic mass is 32.2. The molecule has 38 heavy (non-hydrogen) atoms. The van der Waals surface area contributed by atoms with Gasteiger partial charge in [-0.1, -0.05) is 120 Å². The van der Waals surface area contributed by atoms with E-state index in [2.05, 4.69) is 123 Å². The minimum absolute atomic E-state index is 1.28. The van der Waals surface area contributed by atoms with Crippen LogP contribution in [0.2, 0.25) is 0 Å². The molecule has 0 aromatic heterocycles. The average molecular weight is 521 g/mol. The summed E-state index contributed by atoms with van der Waals surface area (Å²) in [5.74, 6) is 0. The molecule has 2 aliphatic rings. The van der Waals surface area contributed by atoms with Crippen LogP contribution in [0.15, 0.2) is 129 Å². The SMILES string of the molecule is Cc1cccc(-c2ccc3c(c2)Sc2ccc4c5c(ccc-3c25)-c2ccc(-c3cccc(C)c3)cc2S4)c1. The molecular weight excluding hydrogens is 497 g/mol. The summed E-state index contributed by atoms with van der Waals surface area (Å²) in [4.78, 5) is 5.39. The maximum absolute atomic E-state index is 2.37. The molecule has 180 valence electrons. The lowest BCUT2D eigenvalue weighted by Gasteiger charge is -2.27. The zero-order valence-electron chi connectivity index (χ0n) is 21.2. The Morgan fingerprint density at radius 1 is 0.368 bits per heavy atom. The number of fused-ring (bicyclic) bond motifs is 4. The van der Waals surface area contributed by atoms with Crippen molar-refractivity contribution in [2.75, 3.05) is 0 Å². The topological polar surface area (TPSA) is 0 Å².